The molecule has 10 heteroatoms. The molecule has 2 aromatic rings. The lowest BCUT2D eigenvalue weighted by atomic mass is 10.1. The molecule has 1 saturated heterocycles. The summed E-state index contributed by atoms with van der Waals surface area (Å²) in [6.45, 7) is 2.79. The predicted molar refractivity (Wildman–Crippen MR) is 119 cm³/mol. The smallest absolute Gasteiger partial charge is 0.254 e. The molecule has 2 heterocycles. The average molecular weight is 516 g/mol. The van der Waals surface area contributed by atoms with E-state index >= 15 is 0 Å². The normalized spacial score (nSPS) is 16.9. The van der Waals surface area contributed by atoms with Crippen LogP contribution < -0.4 is 10.6 Å². The molecule has 1 aromatic carbocycles. The van der Waals surface area contributed by atoms with Crippen LogP contribution in [0, 0.1) is 5.82 Å². The Hall–Kier alpha value is -2.21. The van der Waals surface area contributed by atoms with Gasteiger partial charge < -0.3 is 20.3 Å². The van der Waals surface area contributed by atoms with Crippen LogP contribution in [-0.2, 0) is 11.8 Å². The number of carbonyl (C=O) groups excluding carboxylic acids is 1. The second-order valence-electron chi connectivity index (χ2n) is 6.46. The summed E-state index contributed by atoms with van der Waals surface area (Å²) in [6.07, 6.45) is 3.69. The highest BCUT2D eigenvalue weighted by Gasteiger charge is 2.25. The first-order valence-electron chi connectivity index (χ1n) is 9.17. The fraction of sp³-hybridized carbons (Fsp3) is 0.421. The highest BCUT2D eigenvalue weighted by atomic mass is 127. The number of aryl methyl sites for hydroxylation is 1. The summed E-state index contributed by atoms with van der Waals surface area (Å²) in [6, 6.07) is 5.92. The van der Waals surface area contributed by atoms with E-state index < -0.39 is 11.7 Å². The summed E-state index contributed by atoms with van der Waals surface area (Å²) in [4.78, 5) is 18.5. The molecule has 0 spiro atoms. The third-order valence-electron chi connectivity index (χ3n) is 4.49. The van der Waals surface area contributed by atoms with Gasteiger partial charge in [-0.25, -0.2) is 4.39 Å². The van der Waals surface area contributed by atoms with Gasteiger partial charge in [-0.05, 0) is 12.1 Å². The van der Waals surface area contributed by atoms with Crippen LogP contribution in [0.3, 0.4) is 0 Å². The van der Waals surface area contributed by atoms with Crippen LogP contribution in [0.25, 0.3) is 0 Å². The monoisotopic (exact) mass is 516 g/mol. The molecule has 1 unspecified atom stereocenters. The van der Waals surface area contributed by atoms with Crippen molar-refractivity contribution < 1.29 is 13.9 Å². The molecule has 29 heavy (non-hydrogen) atoms. The van der Waals surface area contributed by atoms with Crippen LogP contribution in [0.2, 0.25) is 0 Å². The van der Waals surface area contributed by atoms with E-state index in [-0.39, 0.29) is 35.6 Å². The van der Waals surface area contributed by atoms with Crippen molar-refractivity contribution in [1.82, 2.24) is 25.3 Å². The second-order valence-corrected chi connectivity index (χ2v) is 6.46. The van der Waals surface area contributed by atoms with Crippen LogP contribution in [0.5, 0.6) is 0 Å². The zero-order valence-electron chi connectivity index (χ0n) is 16.5. The zero-order valence-corrected chi connectivity index (χ0v) is 18.8. The van der Waals surface area contributed by atoms with Crippen molar-refractivity contribution in [2.75, 3.05) is 39.8 Å². The van der Waals surface area contributed by atoms with Crippen molar-refractivity contribution in [2.45, 2.75) is 6.10 Å². The van der Waals surface area contributed by atoms with Gasteiger partial charge in [-0.1, -0.05) is 12.1 Å². The van der Waals surface area contributed by atoms with Crippen molar-refractivity contribution >= 4 is 35.8 Å². The molecule has 0 saturated carbocycles. The van der Waals surface area contributed by atoms with E-state index in [0.717, 1.165) is 18.1 Å². The quantitative estimate of drug-likeness (QED) is 0.273. The van der Waals surface area contributed by atoms with Gasteiger partial charge in [0.1, 0.15) is 11.9 Å². The molecule has 0 bridgehead atoms. The fourth-order valence-corrected chi connectivity index (χ4v) is 3.07. The minimum Gasteiger partial charge on any atom is -0.370 e. The Kier molecular flexibility index (Phi) is 8.83. The Bertz CT molecular complexity index is 844. The number of rotatable bonds is 5. The lowest BCUT2D eigenvalue weighted by Crippen LogP contribution is -2.49. The van der Waals surface area contributed by atoms with E-state index in [1.807, 2.05) is 19.4 Å². The fourth-order valence-electron chi connectivity index (χ4n) is 3.07. The van der Waals surface area contributed by atoms with Crippen molar-refractivity contribution in [2.24, 2.45) is 12.0 Å². The van der Waals surface area contributed by atoms with Crippen molar-refractivity contribution in [3.05, 3.63) is 53.6 Å². The standard InChI is InChI=1S/C19H25FN6O2.HI/c1-21-19(23-8-7-22-18(27)15-5-3-4-6-16(15)20)26-9-10-28-17(13-26)14-11-24-25(2)12-14;/h3-6,11-12,17H,7-10,13H2,1-2H3,(H,21,23)(H,22,27);1H. The van der Waals surface area contributed by atoms with Crippen LogP contribution in [0.15, 0.2) is 41.7 Å². The number of amides is 1. The maximum absolute atomic E-state index is 13.6. The number of nitrogens with zero attached hydrogens (tertiary/aromatic N) is 4. The van der Waals surface area contributed by atoms with E-state index in [1.165, 1.54) is 12.1 Å². The number of benzene rings is 1. The van der Waals surface area contributed by atoms with Crippen molar-refractivity contribution in [3.63, 3.8) is 0 Å². The predicted octanol–water partition coefficient (Wildman–Crippen LogP) is 1.56. The molecule has 1 amide bonds. The molecule has 0 aliphatic carbocycles. The number of carbonyl (C=O) groups is 1. The molecule has 1 atom stereocenters. The van der Waals surface area contributed by atoms with Gasteiger partial charge in [-0.2, -0.15) is 5.10 Å². The van der Waals surface area contributed by atoms with E-state index in [2.05, 4.69) is 25.6 Å². The van der Waals surface area contributed by atoms with Crippen molar-refractivity contribution in [3.8, 4) is 0 Å². The highest BCUT2D eigenvalue weighted by Crippen LogP contribution is 2.21. The van der Waals surface area contributed by atoms with Crippen LogP contribution in [-0.4, -0.2) is 66.4 Å². The number of ether oxygens (including phenoxy) is 1. The SMILES string of the molecule is CN=C(NCCNC(=O)c1ccccc1F)N1CCOC(c2cnn(C)c2)C1.I. The molecular weight excluding hydrogens is 490 g/mol. The Morgan fingerprint density at radius 3 is 2.79 bits per heavy atom. The topological polar surface area (TPSA) is 83.8 Å². The minimum absolute atomic E-state index is 0. The van der Waals surface area contributed by atoms with Crippen LogP contribution >= 0.6 is 24.0 Å². The summed E-state index contributed by atoms with van der Waals surface area (Å²) in [5.74, 6) is -0.228. The first kappa shape index (κ1) is 23.1. The van der Waals surface area contributed by atoms with Gasteiger partial charge in [0.25, 0.3) is 5.91 Å². The van der Waals surface area contributed by atoms with E-state index in [9.17, 15) is 9.18 Å². The van der Waals surface area contributed by atoms with E-state index in [0.29, 0.717) is 26.2 Å². The minimum atomic E-state index is -0.529. The number of hydrogen-bond acceptors (Lipinski definition) is 4. The van der Waals surface area contributed by atoms with Gasteiger partial charge in [0.15, 0.2) is 5.96 Å². The van der Waals surface area contributed by atoms with E-state index in [1.54, 1.807) is 23.9 Å². The van der Waals surface area contributed by atoms with Gasteiger partial charge >= 0.3 is 0 Å². The first-order valence-corrected chi connectivity index (χ1v) is 9.17. The maximum Gasteiger partial charge on any atom is 0.254 e. The third kappa shape index (κ3) is 6.13. The van der Waals surface area contributed by atoms with Gasteiger partial charge in [-0.3, -0.25) is 14.5 Å². The number of aromatic nitrogens is 2. The van der Waals surface area contributed by atoms with Crippen LogP contribution in [0.4, 0.5) is 4.39 Å². The van der Waals surface area contributed by atoms with Gasteiger partial charge in [0, 0.05) is 45.5 Å². The van der Waals surface area contributed by atoms with Gasteiger partial charge in [-0.15, -0.1) is 24.0 Å². The summed E-state index contributed by atoms with van der Waals surface area (Å²) in [5, 5.41) is 10.1. The number of nitrogens with one attached hydrogen (secondary N) is 2. The zero-order chi connectivity index (χ0) is 19.9. The molecule has 1 fully saturated rings. The number of aliphatic imine (C=N–C) groups is 1. The van der Waals surface area contributed by atoms with Gasteiger partial charge in [0.2, 0.25) is 0 Å². The Balaban J connectivity index is 0.00000300. The molecule has 0 radical (unpaired) electrons. The molecule has 8 nitrogen and oxygen atoms in total. The number of halogens is 2. The molecule has 3 rings (SSSR count). The van der Waals surface area contributed by atoms with E-state index in [4.69, 9.17) is 4.74 Å². The average Bonchev–Trinajstić information content (AvgIpc) is 3.15. The molecule has 1 aromatic heterocycles. The Labute approximate surface area is 186 Å². The summed E-state index contributed by atoms with van der Waals surface area (Å²) >= 11 is 0. The molecule has 1 aliphatic rings. The Morgan fingerprint density at radius 2 is 2.10 bits per heavy atom. The highest BCUT2D eigenvalue weighted by molar-refractivity contribution is 14.0. The molecule has 1 aliphatic heterocycles. The molecule has 2 N–H and O–H groups in total. The number of hydrogen-bond donors (Lipinski definition) is 2. The van der Waals surface area contributed by atoms with Crippen LogP contribution in [0.1, 0.15) is 22.0 Å². The Morgan fingerprint density at radius 1 is 1.34 bits per heavy atom. The first-order chi connectivity index (χ1) is 13.6. The summed E-state index contributed by atoms with van der Waals surface area (Å²) in [7, 11) is 3.59. The summed E-state index contributed by atoms with van der Waals surface area (Å²) in [5.41, 5.74) is 1.07. The number of guanidine groups is 1. The molecule has 158 valence electrons. The summed E-state index contributed by atoms with van der Waals surface area (Å²) < 4.78 is 21.2. The molecular formula is C19H26FIN6O2. The van der Waals surface area contributed by atoms with Crippen molar-refractivity contribution in [1.29, 1.82) is 0 Å². The largest absolute Gasteiger partial charge is 0.370 e. The lowest BCUT2D eigenvalue weighted by Gasteiger charge is -2.34. The number of morpholine rings is 1. The second kappa shape index (κ2) is 11.1. The lowest BCUT2D eigenvalue weighted by molar-refractivity contribution is -0.00800. The van der Waals surface area contributed by atoms with Gasteiger partial charge in [0.05, 0.1) is 24.9 Å². The third-order valence-corrected chi connectivity index (χ3v) is 4.49. The maximum atomic E-state index is 13.6.